The molecule has 0 N–H and O–H groups in total. The summed E-state index contributed by atoms with van der Waals surface area (Å²) in [6.45, 7) is 6.76. The Morgan fingerprint density at radius 2 is 1.88 bits per heavy atom. The fourth-order valence-electron chi connectivity index (χ4n) is 3.67. The number of halogens is 2. The molecule has 2 heterocycles. The number of thiazole rings is 1. The number of aryl methyl sites for hydroxylation is 3. The third kappa shape index (κ3) is 5.82. The van der Waals surface area contributed by atoms with Crippen LogP contribution in [0.3, 0.4) is 0 Å². The summed E-state index contributed by atoms with van der Waals surface area (Å²) in [6.07, 6.45) is 1.03. The van der Waals surface area contributed by atoms with E-state index < -0.39 is 11.6 Å². The molecule has 0 aliphatic carbocycles. The topological polar surface area (TPSA) is 51.0 Å². The Kier molecular flexibility index (Phi) is 7.63. The van der Waals surface area contributed by atoms with Gasteiger partial charge in [-0.05, 0) is 57.2 Å². The highest BCUT2D eigenvalue weighted by Gasteiger charge is 2.21. The SMILES string of the molecule is Cc1ccc(SCCCC(=O)N(CCn2nc(C)cc2C)c2nc3c(F)cc(F)cc3s2)cc1. The molecule has 4 aromatic rings. The monoisotopic (exact) mass is 500 g/mol. The van der Waals surface area contributed by atoms with Crippen molar-refractivity contribution in [2.75, 3.05) is 17.2 Å². The van der Waals surface area contributed by atoms with E-state index in [1.165, 1.54) is 16.5 Å². The zero-order valence-corrected chi connectivity index (χ0v) is 21.0. The maximum atomic E-state index is 14.2. The molecule has 2 aromatic carbocycles. The largest absolute Gasteiger partial charge is 0.286 e. The maximum absolute atomic E-state index is 14.2. The molecule has 1 amide bonds. The van der Waals surface area contributed by atoms with E-state index in [0.717, 1.165) is 34.5 Å². The van der Waals surface area contributed by atoms with Crippen molar-refractivity contribution >= 4 is 44.4 Å². The van der Waals surface area contributed by atoms with Gasteiger partial charge in [-0.3, -0.25) is 14.4 Å². The molecule has 0 radical (unpaired) electrons. The number of thioether (sulfide) groups is 1. The molecule has 0 unspecified atom stereocenters. The molecule has 0 aliphatic heterocycles. The first-order valence-electron chi connectivity index (χ1n) is 11.1. The van der Waals surface area contributed by atoms with E-state index in [9.17, 15) is 13.6 Å². The van der Waals surface area contributed by atoms with Gasteiger partial charge in [0.2, 0.25) is 5.91 Å². The Hall–Kier alpha value is -2.78. The fraction of sp³-hybridized carbons (Fsp3) is 0.320. The van der Waals surface area contributed by atoms with Crippen LogP contribution in [-0.4, -0.2) is 33.0 Å². The van der Waals surface area contributed by atoms with Crippen LogP contribution in [0.25, 0.3) is 10.2 Å². The first-order chi connectivity index (χ1) is 16.3. The molecular weight excluding hydrogens is 474 g/mol. The minimum Gasteiger partial charge on any atom is -0.286 e. The highest BCUT2D eigenvalue weighted by atomic mass is 32.2. The van der Waals surface area contributed by atoms with Crippen molar-refractivity contribution < 1.29 is 13.6 Å². The summed E-state index contributed by atoms with van der Waals surface area (Å²) >= 11 is 2.83. The lowest BCUT2D eigenvalue weighted by Gasteiger charge is -2.20. The average molecular weight is 501 g/mol. The number of carbonyl (C=O) groups is 1. The number of fused-ring (bicyclic) bond motifs is 1. The quantitative estimate of drug-likeness (QED) is 0.200. The third-order valence-electron chi connectivity index (χ3n) is 5.40. The lowest BCUT2D eigenvalue weighted by molar-refractivity contribution is -0.118. The van der Waals surface area contributed by atoms with Crippen molar-refractivity contribution in [1.29, 1.82) is 0 Å². The zero-order chi connectivity index (χ0) is 24.2. The van der Waals surface area contributed by atoms with Gasteiger partial charge in [0.25, 0.3) is 0 Å². The van der Waals surface area contributed by atoms with Gasteiger partial charge in [-0.15, -0.1) is 11.8 Å². The summed E-state index contributed by atoms with van der Waals surface area (Å²) in [5.74, 6) is -0.669. The third-order valence-corrected chi connectivity index (χ3v) is 7.52. The number of benzene rings is 2. The van der Waals surface area contributed by atoms with Crippen LogP contribution in [0.5, 0.6) is 0 Å². The van der Waals surface area contributed by atoms with Gasteiger partial charge in [0.15, 0.2) is 10.9 Å². The van der Waals surface area contributed by atoms with Crippen LogP contribution in [0.2, 0.25) is 0 Å². The minimum absolute atomic E-state index is 0.0836. The van der Waals surface area contributed by atoms with Gasteiger partial charge in [0.05, 0.1) is 16.9 Å². The Morgan fingerprint density at radius 1 is 1.12 bits per heavy atom. The van der Waals surface area contributed by atoms with E-state index in [1.54, 1.807) is 16.7 Å². The number of anilines is 1. The molecule has 0 atom stereocenters. The van der Waals surface area contributed by atoms with Crippen LogP contribution < -0.4 is 4.90 Å². The van der Waals surface area contributed by atoms with E-state index in [2.05, 4.69) is 41.3 Å². The second-order valence-electron chi connectivity index (χ2n) is 8.19. The molecule has 0 saturated heterocycles. The van der Waals surface area contributed by atoms with Crippen molar-refractivity contribution in [2.45, 2.75) is 45.1 Å². The first-order valence-corrected chi connectivity index (χ1v) is 12.9. The van der Waals surface area contributed by atoms with Crippen LogP contribution >= 0.6 is 23.1 Å². The number of amides is 1. The van der Waals surface area contributed by atoms with Crippen LogP contribution in [0.1, 0.15) is 29.8 Å². The van der Waals surface area contributed by atoms with Crippen molar-refractivity contribution in [3.63, 3.8) is 0 Å². The minimum atomic E-state index is -0.724. The first kappa shape index (κ1) is 24.3. The number of nitrogens with zero attached hydrogens (tertiary/aromatic N) is 4. The Bertz CT molecular complexity index is 1300. The van der Waals surface area contributed by atoms with Crippen LogP contribution in [0.15, 0.2) is 47.4 Å². The molecule has 178 valence electrons. The molecule has 5 nitrogen and oxygen atoms in total. The highest BCUT2D eigenvalue weighted by molar-refractivity contribution is 7.99. The number of aromatic nitrogens is 3. The van der Waals surface area contributed by atoms with Gasteiger partial charge in [0, 0.05) is 29.6 Å². The molecule has 2 aromatic heterocycles. The van der Waals surface area contributed by atoms with Crippen LogP contribution in [0, 0.1) is 32.4 Å². The van der Waals surface area contributed by atoms with E-state index in [0.29, 0.717) is 35.8 Å². The molecule has 9 heteroatoms. The van der Waals surface area contributed by atoms with E-state index in [-0.39, 0.29) is 11.4 Å². The van der Waals surface area contributed by atoms with Gasteiger partial charge in [0.1, 0.15) is 11.3 Å². The van der Waals surface area contributed by atoms with Gasteiger partial charge in [-0.2, -0.15) is 5.10 Å². The molecule has 0 spiro atoms. The van der Waals surface area contributed by atoms with Crippen molar-refractivity contribution in [3.05, 3.63) is 71.1 Å². The predicted octanol–water partition coefficient (Wildman–Crippen LogP) is 6.30. The molecular formula is C25H26F2N4OS2. The standard InChI is InChI=1S/C25H26F2N4OS2/c1-16-6-8-20(9-7-16)33-12-4-5-23(32)30(10-11-31-18(3)13-17(2)29-31)25-28-24-21(27)14-19(26)15-22(24)34-25/h6-9,13-15H,4-5,10-12H2,1-3H3. The van der Waals surface area contributed by atoms with E-state index in [4.69, 9.17) is 0 Å². The molecule has 34 heavy (non-hydrogen) atoms. The number of hydrogen-bond donors (Lipinski definition) is 0. The Morgan fingerprint density at radius 3 is 2.59 bits per heavy atom. The zero-order valence-electron chi connectivity index (χ0n) is 19.3. The second-order valence-corrected chi connectivity index (χ2v) is 10.4. The highest BCUT2D eigenvalue weighted by Crippen LogP contribution is 2.32. The summed E-state index contributed by atoms with van der Waals surface area (Å²) in [6, 6.07) is 12.4. The van der Waals surface area contributed by atoms with Crippen molar-refractivity contribution in [2.24, 2.45) is 0 Å². The molecule has 0 aliphatic rings. The summed E-state index contributed by atoms with van der Waals surface area (Å²) < 4.78 is 30.2. The summed E-state index contributed by atoms with van der Waals surface area (Å²) in [5, 5.41) is 4.84. The molecule has 0 saturated carbocycles. The normalized spacial score (nSPS) is 11.3. The number of rotatable bonds is 9. The predicted molar refractivity (Wildman–Crippen MR) is 135 cm³/mol. The summed E-state index contributed by atoms with van der Waals surface area (Å²) in [4.78, 5) is 20.3. The molecule has 0 bridgehead atoms. The number of hydrogen-bond acceptors (Lipinski definition) is 5. The van der Waals surface area contributed by atoms with Crippen LogP contribution in [0.4, 0.5) is 13.9 Å². The maximum Gasteiger partial charge on any atom is 0.228 e. The van der Waals surface area contributed by atoms with Crippen molar-refractivity contribution in [3.8, 4) is 0 Å². The Labute approximate surface area is 205 Å². The van der Waals surface area contributed by atoms with Gasteiger partial charge in [-0.1, -0.05) is 29.0 Å². The molecule has 0 fully saturated rings. The lowest BCUT2D eigenvalue weighted by atomic mass is 10.2. The fourth-order valence-corrected chi connectivity index (χ4v) is 5.57. The smallest absolute Gasteiger partial charge is 0.228 e. The molecule has 4 rings (SSSR count). The Balaban J connectivity index is 1.48. The van der Waals surface area contributed by atoms with Crippen LogP contribution in [-0.2, 0) is 11.3 Å². The van der Waals surface area contributed by atoms with E-state index in [1.807, 2.05) is 24.6 Å². The summed E-state index contributed by atoms with van der Waals surface area (Å²) in [7, 11) is 0. The van der Waals surface area contributed by atoms with Gasteiger partial charge < -0.3 is 0 Å². The average Bonchev–Trinajstić information content (AvgIpc) is 3.35. The number of carbonyl (C=O) groups excluding carboxylic acids is 1. The second kappa shape index (κ2) is 10.7. The van der Waals surface area contributed by atoms with Gasteiger partial charge >= 0.3 is 0 Å². The van der Waals surface area contributed by atoms with E-state index >= 15 is 0 Å². The summed E-state index contributed by atoms with van der Waals surface area (Å²) in [5.41, 5.74) is 3.20. The van der Waals surface area contributed by atoms with Crippen molar-refractivity contribution in [1.82, 2.24) is 14.8 Å². The lowest BCUT2D eigenvalue weighted by Crippen LogP contribution is -2.34. The van der Waals surface area contributed by atoms with Gasteiger partial charge in [-0.25, -0.2) is 13.8 Å².